The molecule has 0 aliphatic heterocycles. The predicted octanol–water partition coefficient (Wildman–Crippen LogP) is 5.24. The largest absolute Gasteiger partial charge is 0.462 e. The van der Waals surface area contributed by atoms with Crippen LogP contribution in [0.25, 0.3) is 22.4 Å². The molecule has 0 atom stereocenters. The lowest BCUT2D eigenvalue weighted by molar-refractivity contribution is -0.137. The van der Waals surface area contributed by atoms with Crippen LogP contribution in [-0.4, -0.2) is 17.6 Å². The Hall–Kier alpha value is -2.87. The first-order valence-corrected chi connectivity index (χ1v) is 8.82. The van der Waals surface area contributed by atoms with E-state index >= 15 is 0 Å². The van der Waals surface area contributed by atoms with Crippen LogP contribution in [0.3, 0.4) is 0 Å². The standard InChI is InChI=1S/C19H15F3N2O2S/c1-2-26-18(25)15-10-14-12(9-16(23)24-17(14)27-15)7-6-11-4-3-5-13(8-11)19(20,21)22/h3-10H,2H2,1H3,(H2,23,24)/b7-6+. The number of nitrogens with zero attached hydrogens (tertiary/aromatic N) is 1. The quantitative estimate of drug-likeness (QED) is 0.617. The lowest BCUT2D eigenvalue weighted by Crippen LogP contribution is -2.04. The minimum absolute atomic E-state index is 0.253. The number of alkyl halides is 3. The van der Waals surface area contributed by atoms with E-state index in [4.69, 9.17) is 10.5 Å². The molecule has 2 heterocycles. The fraction of sp³-hybridized carbons (Fsp3) is 0.158. The summed E-state index contributed by atoms with van der Waals surface area (Å²) in [5.74, 6) is -0.199. The zero-order chi connectivity index (χ0) is 19.6. The third kappa shape index (κ3) is 4.28. The van der Waals surface area contributed by atoms with Crippen LogP contribution in [0, 0.1) is 0 Å². The fourth-order valence-electron chi connectivity index (χ4n) is 2.50. The molecule has 0 spiro atoms. The number of anilines is 1. The summed E-state index contributed by atoms with van der Waals surface area (Å²) in [6, 6.07) is 8.26. The molecular formula is C19H15F3N2O2S. The van der Waals surface area contributed by atoms with Crippen molar-refractivity contribution >= 4 is 45.5 Å². The Morgan fingerprint density at radius 2 is 2.04 bits per heavy atom. The number of esters is 1. The molecule has 1 aromatic carbocycles. The van der Waals surface area contributed by atoms with Gasteiger partial charge in [0.1, 0.15) is 15.5 Å². The van der Waals surface area contributed by atoms with Crippen molar-refractivity contribution in [3.05, 3.63) is 58.0 Å². The van der Waals surface area contributed by atoms with Gasteiger partial charge >= 0.3 is 12.1 Å². The van der Waals surface area contributed by atoms with Crippen LogP contribution in [0.15, 0.2) is 36.4 Å². The molecule has 0 amide bonds. The van der Waals surface area contributed by atoms with Gasteiger partial charge in [-0.05, 0) is 42.3 Å². The third-order valence-electron chi connectivity index (χ3n) is 3.70. The van der Waals surface area contributed by atoms with E-state index in [0.717, 1.165) is 23.5 Å². The smallest absolute Gasteiger partial charge is 0.416 e. The molecule has 3 aromatic rings. The maximum Gasteiger partial charge on any atom is 0.416 e. The number of nitrogens with two attached hydrogens (primary N) is 1. The number of halogens is 3. The van der Waals surface area contributed by atoms with E-state index in [9.17, 15) is 18.0 Å². The number of rotatable bonds is 4. The summed E-state index contributed by atoms with van der Waals surface area (Å²) in [5, 5.41) is 0.681. The van der Waals surface area contributed by atoms with Crippen LogP contribution in [-0.2, 0) is 10.9 Å². The van der Waals surface area contributed by atoms with Crippen molar-refractivity contribution in [2.45, 2.75) is 13.1 Å². The van der Waals surface area contributed by atoms with E-state index in [0.29, 0.717) is 26.2 Å². The normalized spacial score (nSPS) is 12.0. The summed E-state index contributed by atoms with van der Waals surface area (Å²) < 4.78 is 43.5. The number of fused-ring (bicyclic) bond motifs is 1. The molecule has 0 saturated carbocycles. The number of pyridine rings is 1. The fourth-order valence-corrected chi connectivity index (χ4v) is 3.47. The summed E-state index contributed by atoms with van der Waals surface area (Å²) in [7, 11) is 0. The highest BCUT2D eigenvalue weighted by Crippen LogP contribution is 2.32. The number of ether oxygens (including phenoxy) is 1. The van der Waals surface area contributed by atoms with Gasteiger partial charge in [0.2, 0.25) is 0 Å². The Kier molecular flexibility index (Phi) is 5.18. The van der Waals surface area contributed by atoms with Crippen molar-refractivity contribution < 1.29 is 22.7 Å². The van der Waals surface area contributed by atoms with Crippen molar-refractivity contribution in [3.8, 4) is 0 Å². The highest BCUT2D eigenvalue weighted by atomic mass is 32.1. The number of hydrogen-bond acceptors (Lipinski definition) is 5. The van der Waals surface area contributed by atoms with Crippen LogP contribution in [0.2, 0.25) is 0 Å². The van der Waals surface area contributed by atoms with E-state index in [1.807, 2.05) is 0 Å². The molecule has 3 rings (SSSR count). The molecule has 0 radical (unpaired) electrons. The molecule has 0 aliphatic rings. The van der Waals surface area contributed by atoms with Gasteiger partial charge in [0.05, 0.1) is 12.2 Å². The average molecular weight is 392 g/mol. The molecule has 0 fully saturated rings. The highest BCUT2D eigenvalue weighted by Gasteiger charge is 2.30. The Morgan fingerprint density at radius 3 is 2.74 bits per heavy atom. The number of carbonyl (C=O) groups excluding carboxylic acids is 1. The summed E-state index contributed by atoms with van der Waals surface area (Å²) >= 11 is 1.15. The third-order valence-corrected chi connectivity index (χ3v) is 4.71. The Labute approximate surface area is 157 Å². The number of thiophene rings is 1. The van der Waals surface area contributed by atoms with E-state index < -0.39 is 17.7 Å². The summed E-state index contributed by atoms with van der Waals surface area (Å²) in [6.07, 6.45) is -1.19. The molecule has 0 saturated heterocycles. The van der Waals surface area contributed by atoms with Crippen molar-refractivity contribution in [1.82, 2.24) is 4.98 Å². The van der Waals surface area contributed by atoms with Crippen molar-refractivity contribution in [2.75, 3.05) is 12.3 Å². The summed E-state index contributed by atoms with van der Waals surface area (Å²) in [4.78, 5) is 17.1. The van der Waals surface area contributed by atoms with Crippen LogP contribution >= 0.6 is 11.3 Å². The molecule has 0 aliphatic carbocycles. The summed E-state index contributed by atoms with van der Waals surface area (Å²) in [6.45, 7) is 1.97. The number of hydrogen-bond donors (Lipinski definition) is 1. The van der Waals surface area contributed by atoms with Gasteiger partial charge in [-0.2, -0.15) is 13.2 Å². The molecule has 27 heavy (non-hydrogen) atoms. The van der Waals surface area contributed by atoms with E-state index in [1.54, 1.807) is 37.3 Å². The van der Waals surface area contributed by atoms with Gasteiger partial charge in [-0.25, -0.2) is 9.78 Å². The van der Waals surface area contributed by atoms with Gasteiger partial charge < -0.3 is 10.5 Å². The maximum absolute atomic E-state index is 12.8. The first-order valence-electron chi connectivity index (χ1n) is 8.00. The number of carbonyl (C=O) groups is 1. The number of benzene rings is 1. The topological polar surface area (TPSA) is 65.2 Å². The highest BCUT2D eigenvalue weighted by molar-refractivity contribution is 7.20. The van der Waals surface area contributed by atoms with Crippen LogP contribution < -0.4 is 5.73 Å². The van der Waals surface area contributed by atoms with Gasteiger partial charge in [0.25, 0.3) is 0 Å². The first kappa shape index (κ1) is 18.9. The van der Waals surface area contributed by atoms with Crippen LogP contribution in [0.4, 0.5) is 19.0 Å². The molecule has 8 heteroatoms. The second-order valence-electron chi connectivity index (χ2n) is 5.64. The lowest BCUT2D eigenvalue weighted by atomic mass is 10.1. The minimum atomic E-state index is -4.40. The Bertz CT molecular complexity index is 1030. The van der Waals surface area contributed by atoms with Crippen LogP contribution in [0.1, 0.15) is 33.3 Å². The molecule has 0 bridgehead atoms. The van der Waals surface area contributed by atoms with Crippen LogP contribution in [0.5, 0.6) is 0 Å². The Balaban J connectivity index is 1.99. The lowest BCUT2D eigenvalue weighted by Gasteiger charge is -2.06. The van der Waals surface area contributed by atoms with E-state index in [2.05, 4.69) is 4.98 Å². The second-order valence-corrected chi connectivity index (χ2v) is 6.67. The molecule has 2 N–H and O–H groups in total. The van der Waals surface area contributed by atoms with Gasteiger partial charge in [0.15, 0.2) is 0 Å². The van der Waals surface area contributed by atoms with Gasteiger partial charge in [0, 0.05) is 5.39 Å². The minimum Gasteiger partial charge on any atom is -0.462 e. The molecular weight excluding hydrogens is 377 g/mol. The molecule has 0 unspecified atom stereocenters. The van der Waals surface area contributed by atoms with Gasteiger partial charge in [-0.3, -0.25) is 0 Å². The first-order chi connectivity index (χ1) is 12.8. The maximum atomic E-state index is 12.8. The predicted molar refractivity (Wildman–Crippen MR) is 100 cm³/mol. The average Bonchev–Trinajstić information content (AvgIpc) is 3.03. The number of aromatic nitrogens is 1. The van der Waals surface area contributed by atoms with Crippen molar-refractivity contribution in [2.24, 2.45) is 0 Å². The molecule has 2 aromatic heterocycles. The van der Waals surface area contributed by atoms with E-state index in [-0.39, 0.29) is 12.4 Å². The Morgan fingerprint density at radius 1 is 1.26 bits per heavy atom. The zero-order valence-corrected chi connectivity index (χ0v) is 15.0. The molecule has 4 nitrogen and oxygen atoms in total. The summed E-state index contributed by atoms with van der Waals surface area (Å²) in [5.41, 5.74) is 6.15. The monoisotopic (exact) mass is 392 g/mol. The van der Waals surface area contributed by atoms with Gasteiger partial charge in [-0.1, -0.05) is 24.3 Å². The molecule has 140 valence electrons. The van der Waals surface area contributed by atoms with Crippen molar-refractivity contribution in [3.63, 3.8) is 0 Å². The van der Waals surface area contributed by atoms with E-state index in [1.165, 1.54) is 6.07 Å². The number of nitrogen functional groups attached to an aromatic ring is 1. The zero-order valence-electron chi connectivity index (χ0n) is 14.2. The van der Waals surface area contributed by atoms with Gasteiger partial charge in [-0.15, -0.1) is 11.3 Å². The van der Waals surface area contributed by atoms with Crippen molar-refractivity contribution in [1.29, 1.82) is 0 Å². The second kappa shape index (κ2) is 7.40. The SMILES string of the molecule is CCOC(=O)c1cc2c(/C=C/c3cccc(C(F)(F)F)c3)cc(N)nc2s1.